The van der Waals surface area contributed by atoms with Gasteiger partial charge < -0.3 is 9.67 Å². The molecule has 0 saturated heterocycles. The van der Waals surface area contributed by atoms with Crippen LogP contribution in [0.3, 0.4) is 0 Å². The molecular formula is C28H21NO2. The summed E-state index contributed by atoms with van der Waals surface area (Å²) in [4.78, 5) is 12.6. The molecule has 1 aromatic heterocycles. The minimum Gasteiger partial charge on any atom is -0.507 e. The summed E-state index contributed by atoms with van der Waals surface area (Å²) >= 11 is 0. The Morgan fingerprint density at radius 1 is 0.677 bits per heavy atom. The number of para-hydroxylation sites is 2. The van der Waals surface area contributed by atoms with Crippen LogP contribution in [-0.2, 0) is 6.54 Å². The monoisotopic (exact) mass is 403 g/mol. The Hall–Kier alpha value is -4.11. The Kier molecular flexibility index (Phi) is 4.85. The zero-order valence-electron chi connectivity index (χ0n) is 16.9. The van der Waals surface area contributed by atoms with Crippen molar-refractivity contribution in [2.45, 2.75) is 6.54 Å². The van der Waals surface area contributed by atoms with Crippen molar-refractivity contribution in [1.29, 1.82) is 0 Å². The maximum Gasteiger partial charge on any atom is 0.189 e. The number of carbonyl (C=O) groups excluding carboxylic acids is 1. The third kappa shape index (κ3) is 3.62. The molecule has 0 aliphatic carbocycles. The number of benzene rings is 4. The zero-order valence-corrected chi connectivity index (χ0v) is 16.9. The van der Waals surface area contributed by atoms with Gasteiger partial charge in [0.1, 0.15) is 5.76 Å². The van der Waals surface area contributed by atoms with Crippen molar-refractivity contribution in [3.8, 4) is 0 Å². The van der Waals surface area contributed by atoms with Crippen LogP contribution in [0.5, 0.6) is 0 Å². The summed E-state index contributed by atoms with van der Waals surface area (Å²) in [6, 6.07) is 33.5. The molecule has 1 N–H and O–H groups in total. The molecule has 0 bridgehead atoms. The van der Waals surface area contributed by atoms with Gasteiger partial charge in [-0.2, -0.15) is 0 Å². The van der Waals surface area contributed by atoms with Crippen molar-refractivity contribution in [3.63, 3.8) is 0 Å². The summed E-state index contributed by atoms with van der Waals surface area (Å²) in [7, 11) is 0. The van der Waals surface area contributed by atoms with Crippen molar-refractivity contribution < 1.29 is 9.90 Å². The van der Waals surface area contributed by atoms with Crippen LogP contribution in [0.2, 0.25) is 0 Å². The number of aliphatic hydroxyl groups is 1. The summed E-state index contributed by atoms with van der Waals surface area (Å²) in [6.07, 6.45) is 1.28. The normalized spacial score (nSPS) is 11.8. The Morgan fingerprint density at radius 2 is 1.23 bits per heavy atom. The minimum absolute atomic E-state index is 0.0278. The van der Waals surface area contributed by atoms with E-state index in [0.717, 1.165) is 5.56 Å². The van der Waals surface area contributed by atoms with Gasteiger partial charge >= 0.3 is 0 Å². The van der Waals surface area contributed by atoms with Crippen molar-refractivity contribution >= 4 is 33.3 Å². The standard InChI is InChI=1S/C28H21NO2/c30-27(21-8-2-1-3-9-21)18-28(31)22-16-14-20(15-17-22)19-29-25-12-6-4-10-23(25)24-11-5-7-13-26(24)29/h1-18,30H,19H2/b27-18-. The number of rotatable bonds is 5. The fourth-order valence-electron chi connectivity index (χ4n) is 4.03. The number of ketones is 1. The molecule has 31 heavy (non-hydrogen) atoms. The van der Waals surface area contributed by atoms with Gasteiger partial charge in [-0.15, -0.1) is 0 Å². The van der Waals surface area contributed by atoms with Crippen LogP contribution in [-0.4, -0.2) is 15.5 Å². The molecule has 0 radical (unpaired) electrons. The number of aromatic nitrogens is 1. The fraction of sp³-hybridized carbons (Fsp3) is 0.0357. The number of hydrogen-bond acceptors (Lipinski definition) is 2. The average Bonchev–Trinajstić information content (AvgIpc) is 3.14. The lowest BCUT2D eigenvalue weighted by molar-refractivity contribution is 0.104. The van der Waals surface area contributed by atoms with Crippen LogP contribution in [0.15, 0.2) is 109 Å². The molecule has 0 aliphatic heterocycles. The summed E-state index contributed by atoms with van der Waals surface area (Å²) in [6.45, 7) is 0.716. The molecule has 5 aromatic rings. The molecular weight excluding hydrogens is 382 g/mol. The van der Waals surface area contributed by atoms with Gasteiger partial charge in [0, 0.05) is 45.6 Å². The molecule has 0 saturated carbocycles. The van der Waals surface area contributed by atoms with Crippen molar-refractivity contribution in [3.05, 3.63) is 126 Å². The Morgan fingerprint density at radius 3 is 1.84 bits per heavy atom. The van der Waals surface area contributed by atoms with Crippen LogP contribution >= 0.6 is 0 Å². The summed E-state index contributed by atoms with van der Waals surface area (Å²) in [5, 5.41) is 12.7. The zero-order chi connectivity index (χ0) is 21.2. The molecule has 5 rings (SSSR count). The second kappa shape index (κ2) is 7.96. The largest absolute Gasteiger partial charge is 0.507 e. The van der Waals surface area contributed by atoms with E-state index in [1.807, 2.05) is 42.5 Å². The van der Waals surface area contributed by atoms with E-state index >= 15 is 0 Å². The molecule has 150 valence electrons. The van der Waals surface area contributed by atoms with Gasteiger partial charge in [-0.3, -0.25) is 4.79 Å². The van der Waals surface area contributed by atoms with E-state index in [2.05, 4.69) is 53.1 Å². The van der Waals surface area contributed by atoms with Gasteiger partial charge in [0.05, 0.1) is 0 Å². The minimum atomic E-state index is -0.218. The van der Waals surface area contributed by atoms with Crippen molar-refractivity contribution in [1.82, 2.24) is 4.57 Å². The van der Waals surface area contributed by atoms with E-state index in [4.69, 9.17) is 0 Å². The van der Waals surface area contributed by atoms with Crippen molar-refractivity contribution in [2.24, 2.45) is 0 Å². The van der Waals surface area contributed by atoms with Gasteiger partial charge in [0.2, 0.25) is 0 Å². The summed E-state index contributed by atoms with van der Waals surface area (Å²) < 4.78 is 2.31. The lowest BCUT2D eigenvalue weighted by Crippen LogP contribution is -2.01. The Labute approximate surface area is 180 Å². The van der Waals surface area contributed by atoms with E-state index in [0.29, 0.717) is 17.7 Å². The predicted molar refractivity (Wildman–Crippen MR) is 126 cm³/mol. The van der Waals surface area contributed by atoms with Crippen LogP contribution in [0, 0.1) is 0 Å². The van der Waals surface area contributed by atoms with Gasteiger partial charge in [0.15, 0.2) is 5.78 Å². The first-order valence-electron chi connectivity index (χ1n) is 10.3. The number of nitrogens with zero attached hydrogens (tertiary/aromatic N) is 1. The molecule has 4 aromatic carbocycles. The number of hydrogen-bond donors (Lipinski definition) is 1. The highest BCUT2D eigenvalue weighted by atomic mass is 16.3. The van der Waals surface area contributed by atoms with E-state index in [9.17, 15) is 9.90 Å². The van der Waals surface area contributed by atoms with E-state index < -0.39 is 0 Å². The molecule has 3 nitrogen and oxygen atoms in total. The lowest BCUT2D eigenvalue weighted by atomic mass is 10.1. The van der Waals surface area contributed by atoms with E-state index in [1.54, 1.807) is 12.1 Å². The highest BCUT2D eigenvalue weighted by Crippen LogP contribution is 2.29. The quantitative estimate of drug-likeness (QED) is 0.203. The summed E-state index contributed by atoms with van der Waals surface area (Å²) in [5.41, 5.74) is 4.67. The van der Waals surface area contributed by atoms with E-state index in [-0.39, 0.29) is 11.5 Å². The number of allylic oxidation sites excluding steroid dienone is 1. The van der Waals surface area contributed by atoms with Gasteiger partial charge in [-0.1, -0.05) is 91.0 Å². The van der Waals surface area contributed by atoms with Crippen LogP contribution in [0.25, 0.3) is 27.6 Å². The molecule has 1 heterocycles. The summed E-state index contributed by atoms with van der Waals surface area (Å²) in [5.74, 6) is -0.246. The third-order valence-corrected chi connectivity index (χ3v) is 5.60. The SMILES string of the molecule is O=C(/C=C(\O)c1ccccc1)c1ccc(Cn2c3ccccc3c3ccccc32)cc1. The first kappa shape index (κ1) is 18.9. The highest BCUT2D eigenvalue weighted by molar-refractivity contribution is 6.08. The Bertz CT molecular complexity index is 1360. The first-order valence-corrected chi connectivity index (χ1v) is 10.3. The smallest absolute Gasteiger partial charge is 0.189 e. The topological polar surface area (TPSA) is 42.2 Å². The molecule has 0 atom stereocenters. The second-order valence-electron chi connectivity index (χ2n) is 7.58. The average molecular weight is 403 g/mol. The van der Waals surface area contributed by atoms with Gasteiger partial charge in [0.25, 0.3) is 0 Å². The third-order valence-electron chi connectivity index (χ3n) is 5.60. The molecule has 0 unspecified atom stereocenters. The van der Waals surface area contributed by atoms with Gasteiger partial charge in [-0.25, -0.2) is 0 Å². The number of aliphatic hydroxyl groups excluding tert-OH is 1. The molecule has 0 amide bonds. The number of carbonyl (C=O) groups is 1. The maximum absolute atomic E-state index is 12.6. The van der Waals surface area contributed by atoms with Gasteiger partial charge in [-0.05, 0) is 17.7 Å². The fourth-order valence-corrected chi connectivity index (χ4v) is 4.03. The highest BCUT2D eigenvalue weighted by Gasteiger charge is 2.11. The molecule has 0 aliphatic rings. The molecule has 0 spiro atoms. The maximum atomic E-state index is 12.6. The van der Waals surface area contributed by atoms with E-state index in [1.165, 1.54) is 27.9 Å². The van der Waals surface area contributed by atoms with Crippen LogP contribution in [0.1, 0.15) is 21.5 Å². The second-order valence-corrected chi connectivity index (χ2v) is 7.58. The Balaban J connectivity index is 1.43. The first-order chi connectivity index (χ1) is 15.2. The predicted octanol–water partition coefficient (Wildman–Crippen LogP) is 6.62. The van der Waals surface area contributed by atoms with Crippen molar-refractivity contribution in [2.75, 3.05) is 0 Å². The lowest BCUT2D eigenvalue weighted by Gasteiger charge is -2.08. The molecule has 3 heteroatoms. The van der Waals surface area contributed by atoms with Crippen LogP contribution in [0.4, 0.5) is 0 Å². The van der Waals surface area contributed by atoms with Crippen LogP contribution < -0.4 is 0 Å². The number of fused-ring (bicyclic) bond motifs is 3. The molecule has 0 fully saturated rings.